The lowest BCUT2D eigenvalue weighted by Crippen LogP contribution is -2.35. The van der Waals surface area contributed by atoms with E-state index < -0.39 is 22.7 Å². The third kappa shape index (κ3) is 5.20. The lowest BCUT2D eigenvalue weighted by Gasteiger charge is -2.18. The number of rotatable bonds is 5. The van der Waals surface area contributed by atoms with Crippen LogP contribution < -0.4 is 10.5 Å². The Balaban J connectivity index is 1.94. The van der Waals surface area contributed by atoms with Gasteiger partial charge in [0.05, 0.1) is 11.6 Å². The van der Waals surface area contributed by atoms with E-state index in [1.54, 1.807) is 0 Å². The molecule has 0 amide bonds. The summed E-state index contributed by atoms with van der Waals surface area (Å²) in [4.78, 5) is 4.69. The summed E-state index contributed by atoms with van der Waals surface area (Å²) < 4.78 is 63.7. The third-order valence-electron chi connectivity index (χ3n) is 3.47. The molecule has 130 valence electrons. The molecular weight excluding hydrogens is 357 g/mol. The number of nitrogen functional groups attached to an aromatic ring is 1. The Hall–Kier alpha value is -1.10. The number of anilines is 1. The van der Waals surface area contributed by atoms with Gasteiger partial charge in [0.25, 0.3) is 0 Å². The summed E-state index contributed by atoms with van der Waals surface area (Å²) in [6, 6.07) is 1.18. The van der Waals surface area contributed by atoms with E-state index in [-0.39, 0.29) is 41.3 Å². The molecule has 0 bridgehead atoms. The van der Waals surface area contributed by atoms with E-state index in [0.29, 0.717) is 6.42 Å². The molecule has 1 atom stereocenters. The Morgan fingerprint density at radius 1 is 1.48 bits per heavy atom. The van der Waals surface area contributed by atoms with Gasteiger partial charge >= 0.3 is 6.18 Å². The highest BCUT2D eigenvalue weighted by molar-refractivity contribution is 7.89. The lowest BCUT2D eigenvalue weighted by molar-refractivity contribution is -0.143. The SMILES string of the molecule is Nc1ncc(Cl)cc1S(=O)(=O)NCC1CCN(CC(F)(F)F)C1. The summed E-state index contributed by atoms with van der Waals surface area (Å²) in [5, 5.41) is 0.122. The van der Waals surface area contributed by atoms with Gasteiger partial charge in [-0.1, -0.05) is 11.6 Å². The van der Waals surface area contributed by atoms with Crippen LogP contribution >= 0.6 is 11.6 Å². The monoisotopic (exact) mass is 372 g/mol. The first-order valence-electron chi connectivity index (χ1n) is 6.76. The van der Waals surface area contributed by atoms with Crippen LogP contribution in [0.25, 0.3) is 0 Å². The summed E-state index contributed by atoms with van der Waals surface area (Å²) >= 11 is 5.71. The fourth-order valence-electron chi connectivity index (χ4n) is 2.43. The van der Waals surface area contributed by atoms with Crippen LogP contribution in [0.15, 0.2) is 17.2 Å². The number of hydrogen-bond donors (Lipinski definition) is 2. The van der Waals surface area contributed by atoms with Gasteiger partial charge in [0.2, 0.25) is 10.0 Å². The van der Waals surface area contributed by atoms with Crippen molar-refractivity contribution in [3.05, 3.63) is 17.3 Å². The third-order valence-corrected chi connectivity index (χ3v) is 5.13. The molecule has 0 spiro atoms. The molecule has 1 aromatic rings. The predicted molar refractivity (Wildman–Crippen MR) is 79.4 cm³/mol. The predicted octanol–water partition coefficient (Wildman–Crippen LogP) is 1.48. The van der Waals surface area contributed by atoms with Gasteiger partial charge in [-0.2, -0.15) is 13.2 Å². The van der Waals surface area contributed by atoms with E-state index in [2.05, 4.69) is 9.71 Å². The van der Waals surface area contributed by atoms with Crippen molar-refractivity contribution < 1.29 is 21.6 Å². The molecule has 1 unspecified atom stereocenters. The fourth-order valence-corrected chi connectivity index (χ4v) is 3.87. The topological polar surface area (TPSA) is 88.3 Å². The van der Waals surface area contributed by atoms with Crippen molar-refractivity contribution in [3.63, 3.8) is 0 Å². The van der Waals surface area contributed by atoms with Crippen molar-refractivity contribution in [2.45, 2.75) is 17.5 Å². The van der Waals surface area contributed by atoms with Crippen LogP contribution in [0.3, 0.4) is 0 Å². The zero-order valence-electron chi connectivity index (χ0n) is 12.0. The first-order valence-corrected chi connectivity index (χ1v) is 8.63. The lowest BCUT2D eigenvalue weighted by atomic mass is 10.1. The van der Waals surface area contributed by atoms with E-state index >= 15 is 0 Å². The summed E-state index contributed by atoms with van der Waals surface area (Å²) in [5.41, 5.74) is 5.53. The molecule has 2 rings (SSSR count). The minimum atomic E-state index is -4.25. The maximum absolute atomic E-state index is 12.3. The second kappa shape index (κ2) is 6.80. The zero-order chi connectivity index (χ0) is 17.3. The number of pyridine rings is 1. The highest BCUT2D eigenvalue weighted by Gasteiger charge is 2.34. The van der Waals surface area contributed by atoms with E-state index in [0.717, 1.165) is 0 Å². The van der Waals surface area contributed by atoms with Gasteiger partial charge in [0, 0.05) is 19.3 Å². The highest BCUT2D eigenvalue weighted by atomic mass is 35.5. The molecule has 2 heterocycles. The molecule has 6 nitrogen and oxygen atoms in total. The van der Waals surface area contributed by atoms with Gasteiger partial charge in [-0.15, -0.1) is 0 Å². The van der Waals surface area contributed by atoms with Crippen LogP contribution in [0.1, 0.15) is 6.42 Å². The average molecular weight is 373 g/mol. The molecule has 0 aromatic carbocycles. The number of likely N-dealkylation sites (tertiary alicyclic amines) is 1. The van der Waals surface area contributed by atoms with Crippen molar-refractivity contribution in [1.82, 2.24) is 14.6 Å². The van der Waals surface area contributed by atoms with Crippen LogP contribution in [0.5, 0.6) is 0 Å². The minimum Gasteiger partial charge on any atom is -0.383 e. The average Bonchev–Trinajstić information content (AvgIpc) is 2.84. The number of sulfonamides is 1. The van der Waals surface area contributed by atoms with Gasteiger partial charge in [0.1, 0.15) is 10.7 Å². The maximum atomic E-state index is 12.3. The smallest absolute Gasteiger partial charge is 0.383 e. The number of nitrogens with one attached hydrogen (secondary N) is 1. The van der Waals surface area contributed by atoms with Crippen LogP contribution in [0.2, 0.25) is 5.02 Å². The maximum Gasteiger partial charge on any atom is 0.401 e. The summed E-state index contributed by atoms with van der Waals surface area (Å²) in [6.45, 7) is -0.484. The first-order chi connectivity index (χ1) is 10.6. The molecule has 11 heteroatoms. The van der Waals surface area contributed by atoms with Crippen molar-refractivity contribution in [2.24, 2.45) is 5.92 Å². The van der Waals surface area contributed by atoms with Crippen LogP contribution in [0.4, 0.5) is 19.0 Å². The van der Waals surface area contributed by atoms with Crippen molar-refractivity contribution in [2.75, 3.05) is 31.9 Å². The van der Waals surface area contributed by atoms with E-state index in [1.807, 2.05) is 0 Å². The van der Waals surface area contributed by atoms with Crippen LogP contribution in [0, 0.1) is 5.92 Å². The second-order valence-electron chi connectivity index (χ2n) is 5.39. The molecule has 0 saturated carbocycles. The highest BCUT2D eigenvalue weighted by Crippen LogP contribution is 2.24. The molecule has 0 aliphatic carbocycles. The number of hydrogen-bond acceptors (Lipinski definition) is 5. The van der Waals surface area contributed by atoms with Gasteiger partial charge in [-0.3, -0.25) is 4.90 Å². The van der Waals surface area contributed by atoms with Gasteiger partial charge in [-0.05, 0) is 24.9 Å². The Morgan fingerprint density at radius 3 is 2.83 bits per heavy atom. The Bertz CT molecular complexity index is 669. The molecular formula is C12H16ClF3N4O2S. The molecule has 23 heavy (non-hydrogen) atoms. The molecule has 3 N–H and O–H groups in total. The molecule has 1 fully saturated rings. The minimum absolute atomic E-state index is 0.0304. The second-order valence-corrected chi connectivity index (χ2v) is 7.57. The summed E-state index contributed by atoms with van der Waals surface area (Å²) in [5.74, 6) is -0.382. The normalized spacial score (nSPS) is 20.1. The largest absolute Gasteiger partial charge is 0.401 e. The van der Waals surface area contributed by atoms with Crippen molar-refractivity contribution in [3.8, 4) is 0 Å². The molecule has 1 aromatic heterocycles. The summed E-state index contributed by atoms with van der Waals surface area (Å²) in [7, 11) is -3.92. The molecule has 1 aliphatic heterocycles. The number of nitrogens with two attached hydrogens (primary N) is 1. The Kier molecular flexibility index (Phi) is 5.39. The molecule has 0 radical (unpaired) electrons. The Labute approximate surface area is 136 Å². The first kappa shape index (κ1) is 18.2. The van der Waals surface area contributed by atoms with Crippen molar-refractivity contribution >= 4 is 27.4 Å². The van der Waals surface area contributed by atoms with Crippen LogP contribution in [-0.4, -0.2) is 50.7 Å². The van der Waals surface area contributed by atoms with Crippen LogP contribution in [-0.2, 0) is 10.0 Å². The zero-order valence-corrected chi connectivity index (χ0v) is 13.5. The van der Waals surface area contributed by atoms with Crippen molar-refractivity contribution in [1.29, 1.82) is 0 Å². The number of halogens is 4. The quantitative estimate of drug-likeness (QED) is 0.817. The fraction of sp³-hybridized carbons (Fsp3) is 0.583. The van der Waals surface area contributed by atoms with E-state index in [1.165, 1.54) is 17.2 Å². The molecule has 1 aliphatic rings. The van der Waals surface area contributed by atoms with Gasteiger partial charge < -0.3 is 5.73 Å². The van der Waals surface area contributed by atoms with E-state index in [4.69, 9.17) is 17.3 Å². The van der Waals surface area contributed by atoms with E-state index in [9.17, 15) is 21.6 Å². The summed E-state index contributed by atoms with van der Waals surface area (Å²) in [6.07, 6.45) is -2.54. The number of nitrogens with zero attached hydrogens (tertiary/aromatic N) is 2. The van der Waals surface area contributed by atoms with Gasteiger partial charge in [-0.25, -0.2) is 18.1 Å². The Morgan fingerprint density at radius 2 is 2.17 bits per heavy atom. The standard InChI is InChI=1S/C12H16ClF3N4O2S/c13-9-3-10(11(17)18-5-9)23(21,22)19-4-8-1-2-20(6-8)7-12(14,15)16/h3,5,8,19H,1-2,4,6-7H2,(H2,17,18). The number of alkyl halides is 3. The number of aromatic nitrogens is 1. The van der Waals surface area contributed by atoms with Gasteiger partial charge in [0.15, 0.2) is 0 Å². The molecule has 1 saturated heterocycles.